The van der Waals surface area contributed by atoms with E-state index in [0.29, 0.717) is 6.61 Å². The van der Waals surface area contributed by atoms with Gasteiger partial charge in [0.25, 0.3) is 0 Å². The molecule has 0 radical (unpaired) electrons. The van der Waals surface area contributed by atoms with E-state index in [0.717, 1.165) is 12.8 Å². The Bertz CT molecular complexity index is 28.9. The second-order valence-corrected chi connectivity index (χ2v) is 1.46. The molecule has 0 aromatic carbocycles. The number of rotatable bonds is 4. The minimum Gasteiger partial charge on any atom is -0.396 e. The van der Waals surface area contributed by atoms with E-state index in [1.807, 2.05) is 0 Å². The molecule has 1 N–H and O–H groups in total. The van der Waals surface area contributed by atoms with Gasteiger partial charge in [0.1, 0.15) is 0 Å². The highest BCUT2D eigenvalue weighted by Gasteiger charge is 1.82. The summed E-state index contributed by atoms with van der Waals surface area (Å²) in [6.07, 6.45) is 1.60. The fraction of sp³-hybridized carbons (Fsp3) is 1.00. The van der Waals surface area contributed by atoms with Crippen LogP contribution in [0.15, 0.2) is 0 Å². The molecule has 0 bridgehead atoms. The topological polar surface area (TPSA) is 29.5 Å². The second kappa shape index (κ2) is 6.21. The molecule has 0 aliphatic rings. The average molecular weight is 125 g/mol. The first-order valence-electron chi connectivity index (χ1n) is 2.26. The van der Waals surface area contributed by atoms with Gasteiger partial charge in [-0.25, -0.2) is 0 Å². The highest BCUT2D eigenvalue weighted by atomic mass is 35.5. The SMILES string of the molecule is OCCCCOCl. The van der Waals surface area contributed by atoms with Crippen LogP contribution in [-0.2, 0) is 4.29 Å². The largest absolute Gasteiger partial charge is 0.396 e. The van der Waals surface area contributed by atoms with E-state index in [2.05, 4.69) is 4.29 Å². The molecule has 0 rings (SSSR count). The number of unbranched alkanes of at least 4 members (excludes halogenated alkanes) is 1. The van der Waals surface area contributed by atoms with Crippen LogP contribution in [0.25, 0.3) is 0 Å². The quantitative estimate of drug-likeness (QED) is 0.565. The van der Waals surface area contributed by atoms with Crippen molar-refractivity contribution >= 4 is 11.9 Å². The van der Waals surface area contributed by atoms with E-state index in [-0.39, 0.29) is 6.61 Å². The zero-order chi connectivity index (χ0) is 5.54. The molecule has 0 aliphatic heterocycles. The van der Waals surface area contributed by atoms with E-state index in [4.69, 9.17) is 17.0 Å². The molecule has 0 heterocycles. The van der Waals surface area contributed by atoms with E-state index in [1.54, 1.807) is 0 Å². The van der Waals surface area contributed by atoms with Crippen LogP contribution in [0.3, 0.4) is 0 Å². The van der Waals surface area contributed by atoms with Gasteiger partial charge in [-0.15, -0.1) is 0 Å². The Labute approximate surface area is 48.2 Å². The van der Waals surface area contributed by atoms with Crippen molar-refractivity contribution in [1.82, 2.24) is 0 Å². The molecular formula is C4H9ClO2. The Morgan fingerprint density at radius 3 is 2.57 bits per heavy atom. The van der Waals surface area contributed by atoms with Crippen LogP contribution in [0.2, 0.25) is 0 Å². The third kappa shape index (κ3) is 6.21. The Morgan fingerprint density at radius 2 is 2.14 bits per heavy atom. The number of hydrogen-bond donors (Lipinski definition) is 1. The lowest BCUT2D eigenvalue weighted by atomic mass is 10.3. The van der Waals surface area contributed by atoms with Crippen molar-refractivity contribution in [3.63, 3.8) is 0 Å². The average Bonchev–Trinajstić information content (AvgIpc) is 1.69. The normalized spacial score (nSPS) is 9.43. The number of hydrogen-bond acceptors (Lipinski definition) is 2. The van der Waals surface area contributed by atoms with Crippen LogP contribution in [0.5, 0.6) is 0 Å². The molecule has 0 saturated carbocycles. The maximum atomic E-state index is 8.19. The third-order valence-corrected chi connectivity index (χ3v) is 0.784. The van der Waals surface area contributed by atoms with Crippen LogP contribution < -0.4 is 0 Å². The summed E-state index contributed by atoms with van der Waals surface area (Å²) in [5.74, 6) is 0. The fourth-order valence-electron chi connectivity index (χ4n) is 0.268. The van der Waals surface area contributed by atoms with Crippen molar-refractivity contribution in [3.8, 4) is 0 Å². The predicted molar refractivity (Wildman–Crippen MR) is 28.1 cm³/mol. The Balaban J connectivity index is 2.45. The minimum atomic E-state index is 0.222. The third-order valence-electron chi connectivity index (χ3n) is 0.630. The molecule has 0 unspecified atom stereocenters. The Hall–Kier alpha value is 0.210. The van der Waals surface area contributed by atoms with Crippen LogP contribution in [0, 0.1) is 0 Å². The van der Waals surface area contributed by atoms with Gasteiger partial charge in [-0.05, 0) is 12.8 Å². The highest BCUT2D eigenvalue weighted by molar-refractivity contribution is 6.07. The molecule has 0 fully saturated rings. The van der Waals surface area contributed by atoms with Gasteiger partial charge in [0.2, 0.25) is 0 Å². The summed E-state index contributed by atoms with van der Waals surface area (Å²) in [6.45, 7) is 0.752. The van der Waals surface area contributed by atoms with Crippen LogP contribution >= 0.6 is 11.9 Å². The van der Waals surface area contributed by atoms with Crippen molar-refractivity contribution in [3.05, 3.63) is 0 Å². The molecule has 0 saturated heterocycles. The van der Waals surface area contributed by atoms with Gasteiger partial charge in [0.15, 0.2) is 0 Å². The minimum absolute atomic E-state index is 0.222. The van der Waals surface area contributed by atoms with E-state index >= 15 is 0 Å². The maximum Gasteiger partial charge on any atom is 0.0683 e. The van der Waals surface area contributed by atoms with Crippen molar-refractivity contribution < 1.29 is 9.40 Å². The van der Waals surface area contributed by atoms with Gasteiger partial charge in [0.05, 0.1) is 18.5 Å². The van der Waals surface area contributed by atoms with Crippen LogP contribution in [-0.4, -0.2) is 18.3 Å². The zero-order valence-corrected chi connectivity index (χ0v) is 4.82. The lowest BCUT2D eigenvalue weighted by Gasteiger charge is -1.89. The number of aliphatic hydroxyl groups is 1. The Morgan fingerprint density at radius 1 is 1.43 bits per heavy atom. The number of aliphatic hydroxyl groups excluding tert-OH is 1. The molecule has 2 nitrogen and oxygen atoms in total. The second-order valence-electron chi connectivity index (χ2n) is 1.24. The summed E-state index contributed by atoms with van der Waals surface area (Å²) in [5, 5.41) is 8.19. The zero-order valence-electron chi connectivity index (χ0n) is 4.06. The first-order valence-corrected chi connectivity index (χ1v) is 2.57. The summed E-state index contributed by atoms with van der Waals surface area (Å²) >= 11 is 4.86. The van der Waals surface area contributed by atoms with Crippen molar-refractivity contribution in [1.29, 1.82) is 0 Å². The molecule has 0 aromatic heterocycles. The van der Waals surface area contributed by atoms with Gasteiger partial charge >= 0.3 is 0 Å². The van der Waals surface area contributed by atoms with Gasteiger partial charge in [-0.1, -0.05) is 0 Å². The molecule has 0 aromatic rings. The molecular weight excluding hydrogens is 115 g/mol. The van der Waals surface area contributed by atoms with Crippen molar-refractivity contribution in [2.75, 3.05) is 13.2 Å². The van der Waals surface area contributed by atoms with Crippen LogP contribution in [0.4, 0.5) is 0 Å². The lowest BCUT2D eigenvalue weighted by Crippen LogP contribution is -1.87. The lowest BCUT2D eigenvalue weighted by molar-refractivity contribution is 0.261. The maximum absolute atomic E-state index is 8.19. The summed E-state index contributed by atoms with van der Waals surface area (Å²) in [4.78, 5) is 0. The molecule has 0 spiro atoms. The molecule has 0 amide bonds. The van der Waals surface area contributed by atoms with E-state index < -0.39 is 0 Å². The molecule has 7 heavy (non-hydrogen) atoms. The van der Waals surface area contributed by atoms with E-state index in [9.17, 15) is 0 Å². The monoisotopic (exact) mass is 124 g/mol. The summed E-state index contributed by atoms with van der Waals surface area (Å²) in [6, 6.07) is 0. The summed E-state index contributed by atoms with van der Waals surface area (Å²) in [7, 11) is 0. The Kier molecular flexibility index (Phi) is 6.40. The summed E-state index contributed by atoms with van der Waals surface area (Å²) in [5.41, 5.74) is 0. The van der Waals surface area contributed by atoms with Gasteiger partial charge in [-0.3, -0.25) is 4.29 Å². The van der Waals surface area contributed by atoms with E-state index in [1.165, 1.54) is 0 Å². The van der Waals surface area contributed by atoms with Crippen molar-refractivity contribution in [2.24, 2.45) is 0 Å². The van der Waals surface area contributed by atoms with Crippen molar-refractivity contribution in [2.45, 2.75) is 12.8 Å². The molecule has 0 aliphatic carbocycles. The van der Waals surface area contributed by atoms with Gasteiger partial charge < -0.3 is 5.11 Å². The van der Waals surface area contributed by atoms with Crippen LogP contribution in [0.1, 0.15) is 12.8 Å². The van der Waals surface area contributed by atoms with Gasteiger partial charge in [0, 0.05) is 6.61 Å². The smallest absolute Gasteiger partial charge is 0.0683 e. The predicted octanol–water partition coefficient (Wildman–Crippen LogP) is 0.929. The molecule has 0 atom stereocenters. The number of halogens is 1. The summed E-state index contributed by atoms with van der Waals surface area (Å²) < 4.78 is 4.20. The van der Waals surface area contributed by atoms with Gasteiger partial charge in [-0.2, -0.15) is 0 Å². The fourth-order valence-corrected chi connectivity index (χ4v) is 0.378. The first kappa shape index (κ1) is 7.21. The standard InChI is InChI=1S/C4H9ClO2/c5-7-4-2-1-3-6/h6H,1-4H2. The molecule has 44 valence electrons. The highest BCUT2D eigenvalue weighted by Crippen LogP contribution is 1.88. The molecule has 3 heteroatoms. The first-order chi connectivity index (χ1) is 3.41.